The highest BCUT2D eigenvalue weighted by molar-refractivity contribution is 5.52. The normalized spacial score (nSPS) is 24.4. The van der Waals surface area contributed by atoms with Crippen molar-refractivity contribution < 1.29 is 0 Å². The minimum atomic E-state index is -0.510. The molecule has 0 radical (unpaired) electrons. The lowest BCUT2D eigenvalue weighted by molar-refractivity contribution is 0.252. The molecule has 0 bridgehead atoms. The molecule has 2 aromatic carbocycles. The predicted molar refractivity (Wildman–Crippen MR) is 84.9 cm³/mol. The first-order valence-corrected chi connectivity index (χ1v) is 7.41. The fraction of sp³-hybridized carbons (Fsp3) is 0.316. The Hall–Kier alpha value is -2.11. The lowest BCUT2D eigenvalue weighted by Crippen LogP contribution is -2.36. The van der Waals surface area contributed by atoms with Crippen LogP contribution in [-0.4, -0.2) is 19.0 Å². The van der Waals surface area contributed by atoms with E-state index in [2.05, 4.69) is 55.4 Å². The number of benzene rings is 2. The summed E-state index contributed by atoms with van der Waals surface area (Å²) in [4.78, 5) is 2.26. The Bertz CT molecular complexity index is 669. The predicted octanol–water partition coefficient (Wildman–Crippen LogP) is 3.89. The monoisotopic (exact) mass is 276 g/mol. The highest BCUT2D eigenvalue weighted by Crippen LogP contribution is 2.46. The molecule has 106 valence electrons. The molecule has 21 heavy (non-hydrogen) atoms. The Labute approximate surface area is 126 Å². The van der Waals surface area contributed by atoms with E-state index in [1.165, 1.54) is 11.1 Å². The number of rotatable bonds is 2. The zero-order valence-corrected chi connectivity index (χ0v) is 12.6. The first-order chi connectivity index (χ1) is 10.2. The summed E-state index contributed by atoms with van der Waals surface area (Å²) in [6, 6.07) is 21.7. The van der Waals surface area contributed by atoms with Crippen LogP contribution in [0.4, 0.5) is 0 Å². The number of hydrogen-bond acceptors (Lipinski definition) is 2. The van der Waals surface area contributed by atoms with Crippen molar-refractivity contribution in [3.8, 4) is 6.07 Å². The maximum Gasteiger partial charge on any atom is 0.107 e. The molecule has 0 saturated carbocycles. The van der Waals surface area contributed by atoms with Crippen molar-refractivity contribution in [3.05, 3.63) is 71.3 Å². The molecule has 2 atom stereocenters. The van der Waals surface area contributed by atoms with Crippen molar-refractivity contribution in [2.75, 3.05) is 14.1 Å². The van der Waals surface area contributed by atoms with Crippen LogP contribution in [0.2, 0.25) is 0 Å². The standard InChI is InChI=1S/C19H20N2/c1-21(2)18-12-13-19(14-20,15-8-4-3-5-9-15)17-11-7-6-10-16(17)18/h3-11,18H,12-13H2,1-2H3/t18-,19-/m1/s1. The topological polar surface area (TPSA) is 27.0 Å². The van der Waals surface area contributed by atoms with Crippen LogP contribution in [0.25, 0.3) is 0 Å². The van der Waals surface area contributed by atoms with E-state index in [9.17, 15) is 5.26 Å². The molecule has 0 aromatic heterocycles. The summed E-state index contributed by atoms with van der Waals surface area (Å²) < 4.78 is 0. The minimum Gasteiger partial charge on any atom is -0.302 e. The fourth-order valence-corrected chi connectivity index (χ4v) is 3.56. The van der Waals surface area contributed by atoms with E-state index in [4.69, 9.17) is 0 Å². The summed E-state index contributed by atoms with van der Waals surface area (Å²) in [5.74, 6) is 0. The Balaban J connectivity index is 2.21. The van der Waals surface area contributed by atoms with Gasteiger partial charge < -0.3 is 4.90 Å². The molecule has 1 aliphatic rings. The Kier molecular flexibility index (Phi) is 3.53. The number of hydrogen-bond donors (Lipinski definition) is 0. The van der Waals surface area contributed by atoms with Gasteiger partial charge in [-0.25, -0.2) is 0 Å². The number of nitriles is 1. The van der Waals surface area contributed by atoms with Gasteiger partial charge in [0, 0.05) is 6.04 Å². The zero-order chi connectivity index (χ0) is 14.9. The van der Waals surface area contributed by atoms with Gasteiger partial charge in [-0.05, 0) is 43.6 Å². The molecule has 0 heterocycles. The summed E-state index contributed by atoms with van der Waals surface area (Å²) in [5.41, 5.74) is 3.06. The summed E-state index contributed by atoms with van der Waals surface area (Å²) in [6.07, 6.45) is 1.87. The van der Waals surface area contributed by atoms with Gasteiger partial charge in [0.1, 0.15) is 5.41 Å². The molecule has 2 aromatic rings. The van der Waals surface area contributed by atoms with Crippen LogP contribution in [0.3, 0.4) is 0 Å². The fourth-order valence-electron chi connectivity index (χ4n) is 3.56. The summed E-state index contributed by atoms with van der Waals surface area (Å²) in [7, 11) is 4.23. The van der Waals surface area contributed by atoms with E-state index in [-0.39, 0.29) is 0 Å². The molecule has 0 saturated heterocycles. The molecule has 3 rings (SSSR count). The number of nitrogens with zero attached hydrogens (tertiary/aromatic N) is 2. The quantitative estimate of drug-likeness (QED) is 0.832. The number of fused-ring (bicyclic) bond motifs is 1. The van der Waals surface area contributed by atoms with Gasteiger partial charge in [0.25, 0.3) is 0 Å². The van der Waals surface area contributed by atoms with Gasteiger partial charge in [-0.15, -0.1) is 0 Å². The van der Waals surface area contributed by atoms with Gasteiger partial charge in [-0.3, -0.25) is 0 Å². The van der Waals surface area contributed by atoms with Gasteiger partial charge in [0.15, 0.2) is 0 Å². The molecule has 0 N–H and O–H groups in total. The third-order valence-corrected chi connectivity index (χ3v) is 4.65. The van der Waals surface area contributed by atoms with Gasteiger partial charge in [0.2, 0.25) is 0 Å². The van der Waals surface area contributed by atoms with Crippen LogP contribution in [-0.2, 0) is 5.41 Å². The van der Waals surface area contributed by atoms with Gasteiger partial charge in [-0.1, -0.05) is 54.6 Å². The van der Waals surface area contributed by atoms with Crippen LogP contribution in [0.5, 0.6) is 0 Å². The van der Waals surface area contributed by atoms with Crippen molar-refractivity contribution in [2.24, 2.45) is 0 Å². The van der Waals surface area contributed by atoms with Crippen molar-refractivity contribution in [3.63, 3.8) is 0 Å². The van der Waals surface area contributed by atoms with E-state index < -0.39 is 5.41 Å². The van der Waals surface area contributed by atoms with Crippen molar-refractivity contribution in [1.29, 1.82) is 5.26 Å². The molecule has 0 unspecified atom stereocenters. The third kappa shape index (κ3) is 2.14. The molecule has 0 aliphatic heterocycles. The van der Waals surface area contributed by atoms with E-state index in [1.54, 1.807) is 0 Å². The third-order valence-electron chi connectivity index (χ3n) is 4.65. The molecule has 0 fully saturated rings. The maximum absolute atomic E-state index is 10.0. The second kappa shape index (κ2) is 5.35. The Morgan fingerprint density at radius 3 is 2.38 bits per heavy atom. The van der Waals surface area contributed by atoms with Crippen LogP contribution in [0.15, 0.2) is 54.6 Å². The lowest BCUT2D eigenvalue weighted by Gasteiger charge is -2.40. The molecule has 2 nitrogen and oxygen atoms in total. The SMILES string of the molecule is CN(C)[C@@H]1CC[C@@](C#N)(c2ccccc2)c2ccccc21. The van der Waals surface area contributed by atoms with E-state index in [1.807, 2.05) is 24.3 Å². The highest BCUT2D eigenvalue weighted by atomic mass is 15.1. The Morgan fingerprint density at radius 1 is 1.05 bits per heavy atom. The second-order valence-corrected chi connectivity index (χ2v) is 5.99. The van der Waals surface area contributed by atoms with Crippen LogP contribution < -0.4 is 0 Å². The van der Waals surface area contributed by atoms with E-state index in [0.29, 0.717) is 6.04 Å². The second-order valence-electron chi connectivity index (χ2n) is 5.99. The largest absolute Gasteiger partial charge is 0.302 e. The highest BCUT2D eigenvalue weighted by Gasteiger charge is 2.41. The molecule has 2 heteroatoms. The van der Waals surface area contributed by atoms with E-state index in [0.717, 1.165) is 18.4 Å². The van der Waals surface area contributed by atoms with E-state index >= 15 is 0 Å². The van der Waals surface area contributed by atoms with Crippen molar-refractivity contribution in [2.45, 2.75) is 24.3 Å². The summed E-state index contributed by atoms with van der Waals surface area (Å²) in [5, 5.41) is 10.0. The van der Waals surface area contributed by atoms with Crippen LogP contribution in [0.1, 0.15) is 35.6 Å². The first-order valence-electron chi connectivity index (χ1n) is 7.41. The molecule has 1 aliphatic carbocycles. The molecular weight excluding hydrogens is 256 g/mol. The van der Waals surface area contributed by atoms with Gasteiger partial charge in [0.05, 0.1) is 6.07 Å². The average molecular weight is 276 g/mol. The molecular formula is C19H20N2. The zero-order valence-electron chi connectivity index (χ0n) is 12.6. The lowest BCUT2D eigenvalue weighted by atomic mass is 9.65. The van der Waals surface area contributed by atoms with Crippen molar-refractivity contribution in [1.82, 2.24) is 4.90 Å². The van der Waals surface area contributed by atoms with Gasteiger partial charge in [-0.2, -0.15) is 5.26 Å². The first kappa shape index (κ1) is 13.9. The van der Waals surface area contributed by atoms with Gasteiger partial charge >= 0.3 is 0 Å². The van der Waals surface area contributed by atoms with Crippen molar-refractivity contribution >= 4 is 0 Å². The summed E-state index contributed by atoms with van der Waals surface area (Å²) in [6.45, 7) is 0. The van der Waals surface area contributed by atoms with Crippen LogP contribution >= 0.6 is 0 Å². The molecule has 0 spiro atoms. The Morgan fingerprint density at radius 2 is 1.71 bits per heavy atom. The van der Waals surface area contributed by atoms with Crippen LogP contribution in [0, 0.1) is 11.3 Å². The maximum atomic E-state index is 10.0. The average Bonchev–Trinajstić information content (AvgIpc) is 2.54. The smallest absolute Gasteiger partial charge is 0.107 e. The summed E-state index contributed by atoms with van der Waals surface area (Å²) >= 11 is 0. The minimum absolute atomic E-state index is 0.395. The molecule has 0 amide bonds.